The zero-order valence-electron chi connectivity index (χ0n) is 27.9. The molecule has 0 N–H and O–H groups in total. The maximum atomic E-state index is 5.39. The summed E-state index contributed by atoms with van der Waals surface area (Å²) in [5, 5.41) is 6.18. The monoisotopic (exact) mass is 696 g/mol. The van der Waals surface area contributed by atoms with E-state index in [0.717, 1.165) is 33.5 Å². The van der Waals surface area contributed by atoms with Crippen molar-refractivity contribution in [3.8, 4) is 56.0 Å². The molecule has 0 saturated heterocycles. The summed E-state index contributed by atoms with van der Waals surface area (Å²) in [6, 6.07) is 61.3. The van der Waals surface area contributed by atoms with Crippen molar-refractivity contribution in [1.82, 2.24) is 9.97 Å². The average molecular weight is 697 g/mol. The number of fused-ring (bicyclic) bond motifs is 6. The molecular formula is C48H28N2S2. The molecule has 0 amide bonds. The summed E-state index contributed by atoms with van der Waals surface area (Å²) in [7, 11) is 0. The third kappa shape index (κ3) is 4.65. The van der Waals surface area contributed by atoms with E-state index in [1.165, 1.54) is 74.1 Å². The summed E-state index contributed by atoms with van der Waals surface area (Å²) < 4.78 is 2.59. The van der Waals surface area contributed by atoms with Crippen molar-refractivity contribution in [1.29, 1.82) is 0 Å². The lowest BCUT2D eigenvalue weighted by Gasteiger charge is -2.24. The first-order valence-electron chi connectivity index (χ1n) is 17.5. The summed E-state index contributed by atoms with van der Waals surface area (Å²) in [4.78, 5) is 13.1. The SMILES string of the molecule is c1ccc(-c2cccc(-c3ccc4c5c(cccc35)-c3cccc(-c5nc(-c6ccc7sc8ccccc8c7c6)c6ccccc6n5)c3S4)c2)cc1. The first kappa shape index (κ1) is 29.6. The number of nitrogens with zero attached hydrogens (tertiary/aromatic N) is 2. The van der Waals surface area contributed by atoms with Crippen molar-refractivity contribution in [2.75, 3.05) is 0 Å². The second-order valence-corrected chi connectivity index (χ2v) is 15.4. The van der Waals surface area contributed by atoms with Gasteiger partial charge in [0.2, 0.25) is 0 Å². The van der Waals surface area contributed by atoms with Crippen molar-refractivity contribution in [3.05, 3.63) is 170 Å². The molecular weight excluding hydrogens is 669 g/mol. The fourth-order valence-corrected chi connectivity index (χ4v) is 10.2. The van der Waals surface area contributed by atoms with Crippen LogP contribution in [0.2, 0.25) is 0 Å². The van der Waals surface area contributed by atoms with Crippen LogP contribution in [0.15, 0.2) is 180 Å². The van der Waals surface area contributed by atoms with Gasteiger partial charge in [-0.2, -0.15) is 0 Å². The lowest BCUT2D eigenvalue weighted by molar-refractivity contribution is 1.21. The van der Waals surface area contributed by atoms with Crippen molar-refractivity contribution in [2.45, 2.75) is 9.79 Å². The molecule has 3 heterocycles. The quantitative estimate of drug-likeness (QED) is 0.183. The van der Waals surface area contributed by atoms with Gasteiger partial charge in [-0.1, -0.05) is 139 Å². The molecule has 0 aliphatic carbocycles. The second-order valence-electron chi connectivity index (χ2n) is 13.3. The van der Waals surface area contributed by atoms with E-state index in [-0.39, 0.29) is 0 Å². The van der Waals surface area contributed by atoms with Crippen molar-refractivity contribution >= 4 is 64.9 Å². The molecule has 0 atom stereocenters. The van der Waals surface area contributed by atoms with E-state index in [9.17, 15) is 0 Å². The smallest absolute Gasteiger partial charge is 0.161 e. The van der Waals surface area contributed by atoms with E-state index in [2.05, 4.69) is 170 Å². The zero-order chi connectivity index (χ0) is 34.2. The number of benzene rings is 8. The molecule has 8 aromatic carbocycles. The van der Waals surface area contributed by atoms with E-state index in [1.807, 2.05) is 23.1 Å². The van der Waals surface area contributed by atoms with E-state index in [4.69, 9.17) is 9.97 Å². The van der Waals surface area contributed by atoms with E-state index >= 15 is 0 Å². The minimum absolute atomic E-state index is 0.748. The molecule has 0 spiro atoms. The van der Waals surface area contributed by atoms with Crippen molar-refractivity contribution in [3.63, 3.8) is 0 Å². The third-order valence-electron chi connectivity index (χ3n) is 10.3. The van der Waals surface area contributed by atoms with Gasteiger partial charge >= 0.3 is 0 Å². The summed E-state index contributed by atoms with van der Waals surface area (Å²) in [6.07, 6.45) is 0. The van der Waals surface area contributed by atoms with Gasteiger partial charge in [0.15, 0.2) is 5.82 Å². The first-order valence-corrected chi connectivity index (χ1v) is 19.1. The average Bonchev–Trinajstić information content (AvgIpc) is 3.59. The normalized spacial score (nSPS) is 12.2. The minimum atomic E-state index is 0.748. The third-order valence-corrected chi connectivity index (χ3v) is 12.7. The maximum Gasteiger partial charge on any atom is 0.161 e. The predicted molar refractivity (Wildman–Crippen MR) is 221 cm³/mol. The van der Waals surface area contributed by atoms with Crippen LogP contribution in [0.1, 0.15) is 0 Å². The second kappa shape index (κ2) is 11.7. The van der Waals surface area contributed by atoms with E-state index < -0.39 is 0 Å². The van der Waals surface area contributed by atoms with Crippen LogP contribution >= 0.6 is 23.1 Å². The standard InChI is InChI=1S/C48H28N2S2/c1-2-11-29(12-3-1)30-13-8-14-31(27-30)33-24-26-44-45-35(33)17-9-18-36(45)37-19-10-20-39(47(37)52-44)48-49-41-21-6-4-16-38(41)46(50-48)32-23-25-43-40(28-32)34-15-5-7-22-42(34)51-43/h1-28H. The van der Waals surface area contributed by atoms with Gasteiger partial charge in [0, 0.05) is 51.9 Å². The Morgan fingerprint density at radius 1 is 0.385 bits per heavy atom. The van der Waals surface area contributed by atoms with Crippen LogP contribution in [0.25, 0.3) is 97.9 Å². The number of aromatic nitrogens is 2. The van der Waals surface area contributed by atoms with Crippen LogP contribution in [0.4, 0.5) is 0 Å². The Morgan fingerprint density at radius 2 is 1.10 bits per heavy atom. The molecule has 0 bridgehead atoms. The highest BCUT2D eigenvalue weighted by Gasteiger charge is 2.25. The van der Waals surface area contributed by atoms with Gasteiger partial charge in [0.1, 0.15) is 0 Å². The van der Waals surface area contributed by atoms with Crippen LogP contribution in [-0.4, -0.2) is 9.97 Å². The van der Waals surface area contributed by atoms with Crippen LogP contribution in [0.3, 0.4) is 0 Å². The summed E-state index contributed by atoms with van der Waals surface area (Å²) >= 11 is 3.67. The summed E-state index contributed by atoms with van der Waals surface area (Å²) in [5.74, 6) is 0.748. The van der Waals surface area contributed by atoms with Crippen molar-refractivity contribution in [2.24, 2.45) is 0 Å². The molecule has 2 aromatic heterocycles. The van der Waals surface area contributed by atoms with Gasteiger partial charge in [-0.15, -0.1) is 11.3 Å². The largest absolute Gasteiger partial charge is 0.228 e. The van der Waals surface area contributed by atoms with Gasteiger partial charge in [-0.25, -0.2) is 9.97 Å². The highest BCUT2D eigenvalue weighted by molar-refractivity contribution is 8.00. The van der Waals surface area contributed by atoms with Gasteiger partial charge < -0.3 is 0 Å². The Hall–Kier alpha value is -6.07. The van der Waals surface area contributed by atoms with Crippen LogP contribution in [0, 0.1) is 0 Å². The van der Waals surface area contributed by atoms with Crippen LogP contribution in [-0.2, 0) is 0 Å². The lowest BCUT2D eigenvalue weighted by atomic mass is 9.91. The fraction of sp³-hybridized carbons (Fsp3) is 0. The van der Waals surface area contributed by atoms with E-state index in [1.54, 1.807) is 0 Å². The molecule has 2 nitrogen and oxygen atoms in total. The molecule has 4 heteroatoms. The van der Waals surface area contributed by atoms with Gasteiger partial charge in [0.25, 0.3) is 0 Å². The Labute approximate surface area is 309 Å². The molecule has 0 saturated carbocycles. The van der Waals surface area contributed by atoms with Crippen LogP contribution < -0.4 is 0 Å². The number of rotatable bonds is 4. The number of hydrogen-bond donors (Lipinski definition) is 0. The Morgan fingerprint density at radius 3 is 2.04 bits per heavy atom. The molecule has 0 fully saturated rings. The van der Waals surface area contributed by atoms with E-state index in [0.29, 0.717) is 0 Å². The molecule has 52 heavy (non-hydrogen) atoms. The fourth-order valence-electron chi connectivity index (χ4n) is 7.87. The number of hydrogen-bond acceptors (Lipinski definition) is 4. The zero-order valence-corrected chi connectivity index (χ0v) is 29.5. The van der Waals surface area contributed by atoms with Gasteiger partial charge in [-0.05, 0) is 81.2 Å². The Kier molecular flexibility index (Phi) is 6.69. The lowest BCUT2D eigenvalue weighted by Crippen LogP contribution is -2.00. The Bertz CT molecular complexity index is 3050. The predicted octanol–water partition coefficient (Wildman–Crippen LogP) is 14.0. The minimum Gasteiger partial charge on any atom is -0.228 e. The summed E-state index contributed by atoms with van der Waals surface area (Å²) in [6.45, 7) is 0. The molecule has 11 rings (SSSR count). The highest BCUT2D eigenvalue weighted by atomic mass is 32.2. The number of thiophene rings is 1. The molecule has 1 aliphatic heterocycles. The summed E-state index contributed by atoms with van der Waals surface area (Å²) in [5.41, 5.74) is 11.5. The van der Waals surface area contributed by atoms with Gasteiger partial charge in [-0.3, -0.25) is 0 Å². The molecule has 0 radical (unpaired) electrons. The number of para-hydroxylation sites is 1. The highest BCUT2D eigenvalue weighted by Crippen LogP contribution is 2.52. The first-order chi connectivity index (χ1) is 25.8. The van der Waals surface area contributed by atoms with Crippen molar-refractivity contribution < 1.29 is 0 Å². The molecule has 242 valence electrons. The van der Waals surface area contributed by atoms with Crippen LogP contribution in [0.5, 0.6) is 0 Å². The molecule has 1 aliphatic rings. The molecule has 10 aromatic rings. The molecule has 0 unspecified atom stereocenters. The Balaban J connectivity index is 1.07. The topological polar surface area (TPSA) is 25.8 Å². The van der Waals surface area contributed by atoms with Gasteiger partial charge in [0.05, 0.1) is 11.2 Å². The maximum absolute atomic E-state index is 5.39.